The molecule has 2 fully saturated rings. The molecule has 0 aromatic carbocycles. The lowest BCUT2D eigenvalue weighted by molar-refractivity contribution is 0.00483. The first-order chi connectivity index (χ1) is 13.8. The summed E-state index contributed by atoms with van der Waals surface area (Å²) in [5.41, 5.74) is 0.699. The molecule has 0 aliphatic heterocycles. The quantitative estimate of drug-likeness (QED) is 0.255. The van der Waals surface area contributed by atoms with E-state index < -0.39 is 0 Å². The zero-order valence-corrected chi connectivity index (χ0v) is 21.6. The smallest absolute Gasteiger partial charge is 0.0297 e. The molecule has 0 aromatic heterocycles. The molecular formula is C29H56. The van der Waals surface area contributed by atoms with Gasteiger partial charge in [-0.2, -0.15) is 0 Å². The molecule has 0 saturated heterocycles. The maximum atomic E-state index is 2.63. The molecule has 0 heteroatoms. The normalized spacial score (nSPS) is 35.6. The average molecular weight is 405 g/mol. The van der Waals surface area contributed by atoms with Crippen molar-refractivity contribution in [2.75, 3.05) is 0 Å². The van der Waals surface area contributed by atoms with Crippen molar-refractivity contribution in [2.24, 2.45) is 52.8 Å². The highest BCUT2D eigenvalue weighted by molar-refractivity contribution is 4.99. The molecule has 0 amide bonds. The Morgan fingerprint density at radius 3 is 2.21 bits per heavy atom. The van der Waals surface area contributed by atoms with Crippen molar-refractivity contribution in [3.8, 4) is 0 Å². The molecule has 2 aliphatic rings. The van der Waals surface area contributed by atoms with Crippen molar-refractivity contribution < 1.29 is 0 Å². The summed E-state index contributed by atoms with van der Waals surface area (Å²) < 4.78 is 0. The fraction of sp³-hybridized carbons (Fsp3) is 1.00. The minimum absolute atomic E-state index is 0.699. The van der Waals surface area contributed by atoms with E-state index in [9.17, 15) is 0 Å². The third-order valence-corrected chi connectivity index (χ3v) is 10.1. The highest BCUT2D eigenvalue weighted by Crippen LogP contribution is 2.58. The fourth-order valence-corrected chi connectivity index (χ4v) is 7.66. The maximum absolute atomic E-state index is 2.63. The van der Waals surface area contributed by atoms with Crippen LogP contribution in [0.15, 0.2) is 0 Å². The first-order valence-corrected chi connectivity index (χ1v) is 13.8. The molecule has 0 spiro atoms. The lowest BCUT2D eigenvalue weighted by atomic mass is 9.56. The van der Waals surface area contributed by atoms with Gasteiger partial charge in [-0.3, -0.25) is 0 Å². The standard InChI is InChI=1S/C29H56/c1-9-14-15-23(10-2)27(12-4)21(6)18-25(28-22(7)19-24(28)11-3)16-17-26-20-29(26,8)13-5/h21-28H,9-20H2,1-8H3. The molecule has 2 aliphatic carbocycles. The summed E-state index contributed by atoms with van der Waals surface area (Å²) in [6, 6.07) is 0. The molecule has 0 nitrogen and oxygen atoms in total. The zero-order chi connectivity index (χ0) is 21.6. The summed E-state index contributed by atoms with van der Waals surface area (Å²) in [6.45, 7) is 19.9. The highest BCUT2D eigenvalue weighted by atomic mass is 14.5. The Morgan fingerprint density at radius 2 is 1.72 bits per heavy atom. The van der Waals surface area contributed by atoms with Crippen molar-refractivity contribution in [1.82, 2.24) is 0 Å². The summed E-state index contributed by atoms with van der Waals surface area (Å²) in [5.74, 6) is 7.90. The molecular weight excluding hydrogens is 348 g/mol. The number of rotatable bonds is 15. The summed E-state index contributed by atoms with van der Waals surface area (Å²) in [7, 11) is 0. The van der Waals surface area contributed by atoms with Gasteiger partial charge in [-0.25, -0.2) is 0 Å². The van der Waals surface area contributed by atoms with Crippen LogP contribution >= 0.6 is 0 Å². The van der Waals surface area contributed by atoms with Crippen LogP contribution in [0.25, 0.3) is 0 Å². The van der Waals surface area contributed by atoms with Gasteiger partial charge in [0.15, 0.2) is 0 Å². The third-order valence-electron chi connectivity index (χ3n) is 10.1. The van der Waals surface area contributed by atoms with Gasteiger partial charge in [0.2, 0.25) is 0 Å². The van der Waals surface area contributed by atoms with Crippen LogP contribution in [-0.4, -0.2) is 0 Å². The Bertz CT molecular complexity index is 453. The van der Waals surface area contributed by atoms with E-state index in [2.05, 4.69) is 55.4 Å². The van der Waals surface area contributed by atoms with Crippen LogP contribution in [0.3, 0.4) is 0 Å². The third kappa shape index (κ3) is 6.26. The number of hydrogen-bond acceptors (Lipinski definition) is 0. The van der Waals surface area contributed by atoms with Crippen LogP contribution in [0, 0.1) is 52.8 Å². The second-order valence-electron chi connectivity index (χ2n) is 11.8. The van der Waals surface area contributed by atoms with Gasteiger partial charge in [0, 0.05) is 0 Å². The molecule has 0 aromatic rings. The highest BCUT2D eigenvalue weighted by Gasteiger charge is 2.49. The van der Waals surface area contributed by atoms with Crippen molar-refractivity contribution in [3.63, 3.8) is 0 Å². The molecule has 0 bridgehead atoms. The number of hydrogen-bond donors (Lipinski definition) is 0. The lowest BCUT2D eigenvalue weighted by Crippen LogP contribution is -2.41. The van der Waals surface area contributed by atoms with Crippen molar-refractivity contribution in [2.45, 2.75) is 132 Å². The van der Waals surface area contributed by atoms with Crippen molar-refractivity contribution in [3.05, 3.63) is 0 Å². The molecule has 0 radical (unpaired) electrons. The van der Waals surface area contributed by atoms with Gasteiger partial charge in [-0.05, 0) is 84.9 Å². The average Bonchev–Trinajstić information content (AvgIpc) is 3.37. The molecule has 172 valence electrons. The van der Waals surface area contributed by atoms with Gasteiger partial charge in [0.1, 0.15) is 0 Å². The predicted octanol–water partition coefficient (Wildman–Crippen LogP) is 9.77. The van der Waals surface area contributed by atoms with E-state index in [1.165, 1.54) is 77.0 Å². The second kappa shape index (κ2) is 11.6. The Kier molecular flexibility index (Phi) is 10.1. The van der Waals surface area contributed by atoms with Gasteiger partial charge < -0.3 is 0 Å². The van der Waals surface area contributed by atoms with Gasteiger partial charge in [0.05, 0.1) is 0 Å². The summed E-state index contributed by atoms with van der Waals surface area (Å²) >= 11 is 0. The van der Waals surface area contributed by atoms with Crippen LogP contribution in [-0.2, 0) is 0 Å². The fourth-order valence-electron chi connectivity index (χ4n) is 7.66. The van der Waals surface area contributed by atoms with Crippen LogP contribution in [0.5, 0.6) is 0 Å². The van der Waals surface area contributed by atoms with Gasteiger partial charge in [-0.15, -0.1) is 0 Å². The molecule has 29 heavy (non-hydrogen) atoms. The van der Waals surface area contributed by atoms with Crippen molar-refractivity contribution in [1.29, 1.82) is 0 Å². The van der Waals surface area contributed by atoms with E-state index in [4.69, 9.17) is 0 Å². The van der Waals surface area contributed by atoms with Crippen LogP contribution in [0.1, 0.15) is 132 Å². The van der Waals surface area contributed by atoms with Gasteiger partial charge >= 0.3 is 0 Å². The van der Waals surface area contributed by atoms with E-state index in [0.717, 1.165) is 47.3 Å². The van der Waals surface area contributed by atoms with Gasteiger partial charge in [0.25, 0.3) is 0 Å². The van der Waals surface area contributed by atoms with Crippen LogP contribution in [0.4, 0.5) is 0 Å². The Balaban J connectivity index is 2.02. The largest absolute Gasteiger partial charge is 0.0654 e. The van der Waals surface area contributed by atoms with E-state index in [0.29, 0.717) is 5.41 Å². The molecule has 0 N–H and O–H groups in total. The molecule has 9 atom stereocenters. The first kappa shape index (κ1) is 25.3. The van der Waals surface area contributed by atoms with Crippen molar-refractivity contribution >= 4 is 0 Å². The Hall–Kier alpha value is 0. The first-order valence-electron chi connectivity index (χ1n) is 13.8. The van der Waals surface area contributed by atoms with Crippen LogP contribution in [0.2, 0.25) is 0 Å². The molecule has 2 saturated carbocycles. The number of unbranched alkanes of at least 4 members (excludes halogenated alkanes) is 1. The Labute approximate surface area is 185 Å². The SMILES string of the molecule is CCCCC(CC)C(CC)C(C)CC(CCC1CC1(C)CC)C1C(C)CC1CC. The minimum atomic E-state index is 0.699. The summed E-state index contributed by atoms with van der Waals surface area (Å²) in [5, 5.41) is 0. The van der Waals surface area contributed by atoms with E-state index in [-0.39, 0.29) is 0 Å². The maximum Gasteiger partial charge on any atom is -0.0297 e. The second-order valence-corrected chi connectivity index (χ2v) is 11.8. The lowest BCUT2D eigenvalue weighted by Gasteiger charge is -2.49. The van der Waals surface area contributed by atoms with Gasteiger partial charge in [-0.1, -0.05) is 100 Å². The summed E-state index contributed by atoms with van der Waals surface area (Å²) in [4.78, 5) is 0. The molecule has 2 rings (SSSR count). The monoisotopic (exact) mass is 404 g/mol. The minimum Gasteiger partial charge on any atom is -0.0654 e. The topological polar surface area (TPSA) is 0 Å². The zero-order valence-electron chi connectivity index (χ0n) is 21.6. The van der Waals surface area contributed by atoms with Crippen LogP contribution < -0.4 is 0 Å². The molecule has 9 unspecified atom stereocenters. The molecule has 0 heterocycles. The van der Waals surface area contributed by atoms with E-state index in [1.807, 2.05) is 0 Å². The Morgan fingerprint density at radius 1 is 1.00 bits per heavy atom. The van der Waals surface area contributed by atoms with E-state index in [1.54, 1.807) is 0 Å². The predicted molar refractivity (Wildman–Crippen MR) is 131 cm³/mol. The summed E-state index contributed by atoms with van der Waals surface area (Å²) in [6.07, 6.45) is 17.4. The van der Waals surface area contributed by atoms with E-state index >= 15 is 0 Å².